The lowest BCUT2D eigenvalue weighted by molar-refractivity contribution is 1.40. The van der Waals surface area contributed by atoms with Gasteiger partial charge in [-0.1, -0.05) is 5.92 Å². The van der Waals surface area contributed by atoms with E-state index in [9.17, 15) is 0 Å². The second-order valence-corrected chi connectivity index (χ2v) is 0.781. The molecule has 0 aliphatic carbocycles. The Hall–Kier alpha value is -1.39. The van der Waals surface area contributed by atoms with Gasteiger partial charge >= 0.3 is 0 Å². The normalized spacial score (nSPS) is 4.29. The van der Waals surface area contributed by atoms with Gasteiger partial charge in [0.15, 0.2) is 0 Å². The molecule has 0 aliphatic rings. The van der Waals surface area contributed by atoms with E-state index in [1.807, 2.05) is 6.07 Å². The lowest BCUT2D eigenvalue weighted by Gasteiger charge is -1.56. The van der Waals surface area contributed by atoms with E-state index in [1.165, 1.54) is 0 Å². The fourth-order valence-electron chi connectivity index (χ4n) is 0.135. The fourth-order valence-corrected chi connectivity index (χ4v) is 0.135. The van der Waals surface area contributed by atoms with E-state index in [-0.39, 0.29) is 6.42 Å². The molecule has 1 nitrogen and oxygen atoms in total. The van der Waals surface area contributed by atoms with Crippen LogP contribution in [0.1, 0.15) is 6.42 Å². The molecule has 0 heterocycles. The summed E-state index contributed by atoms with van der Waals surface area (Å²) in [5, 5.41) is 7.87. The summed E-state index contributed by atoms with van der Waals surface area (Å²) in [7, 11) is 0. The van der Waals surface area contributed by atoms with Crippen molar-refractivity contribution in [2.75, 3.05) is 0 Å². The van der Waals surface area contributed by atoms with Crippen molar-refractivity contribution in [3.05, 3.63) is 0 Å². The second kappa shape index (κ2) is 4.61. The summed E-state index contributed by atoms with van der Waals surface area (Å²) in [6.07, 6.45) is 4.96. The Labute approximate surface area is 43.0 Å². The minimum Gasteiger partial charge on any atom is -0.197 e. The lowest BCUT2D eigenvalue weighted by Crippen LogP contribution is -1.53. The van der Waals surface area contributed by atoms with Crippen molar-refractivity contribution < 1.29 is 0 Å². The van der Waals surface area contributed by atoms with Gasteiger partial charge in [0, 0.05) is 0 Å². The molecule has 0 amide bonds. The minimum absolute atomic E-state index is 0.226. The quantitative estimate of drug-likeness (QED) is 0.397. The molecule has 0 spiro atoms. The van der Waals surface area contributed by atoms with Crippen LogP contribution in [-0.4, -0.2) is 0 Å². The molecule has 0 aromatic carbocycles. The number of hydrogen-bond acceptors (Lipinski definition) is 1. The maximum Gasteiger partial charge on any atom is 0.0973 e. The molecule has 0 radical (unpaired) electrons. The van der Waals surface area contributed by atoms with Crippen molar-refractivity contribution in [2.24, 2.45) is 0 Å². The first-order valence-corrected chi connectivity index (χ1v) is 1.72. The summed E-state index contributed by atoms with van der Waals surface area (Å²) >= 11 is 0. The highest BCUT2D eigenvalue weighted by atomic mass is 14.2. The maximum atomic E-state index is 7.87. The van der Waals surface area contributed by atoms with Gasteiger partial charge in [-0.3, -0.25) is 0 Å². The highest BCUT2D eigenvalue weighted by molar-refractivity contribution is 5.22. The first-order valence-electron chi connectivity index (χ1n) is 1.72. The van der Waals surface area contributed by atoms with Gasteiger partial charge in [0.2, 0.25) is 0 Å². The van der Waals surface area contributed by atoms with Crippen LogP contribution >= 0.6 is 0 Å². The largest absolute Gasteiger partial charge is 0.197 e. The van der Waals surface area contributed by atoms with E-state index >= 15 is 0 Å². The third-order valence-electron chi connectivity index (χ3n) is 0.328. The van der Waals surface area contributed by atoms with Gasteiger partial charge in [-0.2, -0.15) is 5.26 Å². The monoisotopic (exact) mass is 89.0 g/mol. The summed E-state index contributed by atoms with van der Waals surface area (Å²) in [4.78, 5) is 0. The zero-order valence-corrected chi connectivity index (χ0v) is 3.73. The Morgan fingerprint density at radius 2 is 2.29 bits per heavy atom. The van der Waals surface area contributed by atoms with Crippen molar-refractivity contribution in [2.45, 2.75) is 6.42 Å². The van der Waals surface area contributed by atoms with Crippen molar-refractivity contribution in [1.82, 2.24) is 0 Å². The number of terminal acetylenes is 1. The van der Waals surface area contributed by atoms with Crippen LogP contribution < -0.4 is 0 Å². The molecule has 0 saturated carbocycles. The average molecular weight is 89.1 g/mol. The molecule has 0 saturated heterocycles. The van der Waals surface area contributed by atoms with E-state index in [1.54, 1.807) is 0 Å². The van der Waals surface area contributed by atoms with E-state index in [0.717, 1.165) is 0 Å². The van der Waals surface area contributed by atoms with Gasteiger partial charge in [0.25, 0.3) is 0 Å². The Morgan fingerprint density at radius 3 is 2.71 bits per heavy atom. The highest BCUT2D eigenvalue weighted by Gasteiger charge is 1.61. The fraction of sp³-hybridized carbons (Fsp3) is 0.167. The molecule has 1 heteroatoms. The zero-order valence-electron chi connectivity index (χ0n) is 3.73. The Balaban J connectivity index is 3.37. The molecule has 0 rings (SSSR count). The van der Waals surface area contributed by atoms with E-state index < -0.39 is 0 Å². The van der Waals surface area contributed by atoms with Crippen molar-refractivity contribution in [1.29, 1.82) is 5.26 Å². The molecule has 0 aliphatic heterocycles. The SMILES string of the molecule is C#CC#CCC#N. The van der Waals surface area contributed by atoms with Gasteiger partial charge in [-0.05, 0) is 11.8 Å². The molecule has 0 fully saturated rings. The first kappa shape index (κ1) is 5.61. The smallest absolute Gasteiger partial charge is 0.0973 e. The predicted molar refractivity (Wildman–Crippen MR) is 26.8 cm³/mol. The van der Waals surface area contributed by atoms with Crippen molar-refractivity contribution >= 4 is 0 Å². The minimum atomic E-state index is 0.226. The molecule has 0 unspecified atom stereocenters. The third-order valence-corrected chi connectivity index (χ3v) is 0.328. The van der Waals surface area contributed by atoms with Crippen molar-refractivity contribution in [3.63, 3.8) is 0 Å². The van der Waals surface area contributed by atoms with Crippen LogP contribution in [0.3, 0.4) is 0 Å². The zero-order chi connectivity index (χ0) is 5.54. The molecule has 7 heavy (non-hydrogen) atoms. The molecule has 32 valence electrons. The molecular weight excluding hydrogens is 86.1 g/mol. The highest BCUT2D eigenvalue weighted by Crippen LogP contribution is 1.63. The summed E-state index contributed by atoms with van der Waals surface area (Å²) in [6.45, 7) is 0. The number of rotatable bonds is 0. The van der Waals surface area contributed by atoms with Crippen LogP contribution in [0.4, 0.5) is 0 Å². The first-order chi connectivity index (χ1) is 3.41. The Bertz CT molecular complexity index is 167. The van der Waals surface area contributed by atoms with Crippen LogP contribution in [0.5, 0.6) is 0 Å². The topological polar surface area (TPSA) is 23.8 Å². The number of nitrogens with zero attached hydrogens (tertiary/aromatic N) is 1. The predicted octanol–water partition coefficient (Wildman–Crippen LogP) is 0.537. The molecule has 0 atom stereocenters. The molecular formula is C6H3N. The summed E-state index contributed by atoms with van der Waals surface area (Å²) < 4.78 is 0. The Morgan fingerprint density at radius 1 is 1.57 bits per heavy atom. The third kappa shape index (κ3) is 4.61. The summed E-state index contributed by atoms with van der Waals surface area (Å²) in [6, 6.07) is 1.83. The average Bonchev–Trinajstić information content (AvgIpc) is 1.69. The van der Waals surface area contributed by atoms with Crippen LogP contribution in [0.15, 0.2) is 0 Å². The number of hydrogen-bond donors (Lipinski definition) is 0. The van der Waals surface area contributed by atoms with E-state index in [4.69, 9.17) is 11.7 Å². The van der Waals surface area contributed by atoms with Crippen LogP contribution in [0.25, 0.3) is 0 Å². The lowest BCUT2D eigenvalue weighted by atomic mass is 10.5. The molecule has 0 N–H and O–H groups in total. The van der Waals surface area contributed by atoms with Gasteiger partial charge in [-0.25, -0.2) is 0 Å². The van der Waals surface area contributed by atoms with Gasteiger partial charge in [0.1, 0.15) is 0 Å². The summed E-state index contributed by atoms with van der Waals surface area (Å²) in [5.74, 6) is 6.83. The van der Waals surface area contributed by atoms with Crippen molar-refractivity contribution in [3.8, 4) is 30.3 Å². The molecule has 0 aromatic heterocycles. The Kier molecular flexibility index (Phi) is 3.69. The second-order valence-electron chi connectivity index (χ2n) is 0.781. The van der Waals surface area contributed by atoms with Gasteiger partial charge in [0.05, 0.1) is 12.5 Å². The van der Waals surface area contributed by atoms with Crippen LogP contribution in [-0.2, 0) is 0 Å². The standard InChI is InChI=1S/C6H3N/c1-2-3-4-5-6-7/h1H,5H2. The molecule has 0 aromatic rings. The summed E-state index contributed by atoms with van der Waals surface area (Å²) in [5.41, 5.74) is 0. The van der Waals surface area contributed by atoms with Gasteiger partial charge in [-0.15, -0.1) is 6.42 Å². The number of nitriles is 1. The van der Waals surface area contributed by atoms with Gasteiger partial charge < -0.3 is 0 Å². The van der Waals surface area contributed by atoms with E-state index in [2.05, 4.69) is 17.8 Å². The van der Waals surface area contributed by atoms with E-state index in [0.29, 0.717) is 0 Å². The van der Waals surface area contributed by atoms with Crippen LogP contribution in [0.2, 0.25) is 0 Å². The maximum absolute atomic E-state index is 7.87. The molecule has 0 bridgehead atoms. The van der Waals surface area contributed by atoms with Crippen LogP contribution in [0, 0.1) is 35.5 Å².